The van der Waals surface area contributed by atoms with Crippen molar-refractivity contribution in [3.63, 3.8) is 0 Å². The van der Waals surface area contributed by atoms with Gasteiger partial charge in [0.25, 0.3) is 5.91 Å². The summed E-state index contributed by atoms with van der Waals surface area (Å²) in [5, 5.41) is 24.4. The zero-order chi connectivity index (χ0) is 27.2. The van der Waals surface area contributed by atoms with Gasteiger partial charge in [0.2, 0.25) is 0 Å². The zero-order valence-electron chi connectivity index (χ0n) is 23.4. The molecule has 2 fully saturated rings. The van der Waals surface area contributed by atoms with Gasteiger partial charge < -0.3 is 26.0 Å². The minimum atomic E-state index is -1.46. The highest BCUT2D eigenvalue weighted by molar-refractivity contribution is 6.43. The first-order valence-electron chi connectivity index (χ1n) is 15.3. The van der Waals surface area contributed by atoms with Gasteiger partial charge in [0.05, 0.1) is 0 Å². The molecule has 0 radical (unpaired) electrons. The van der Waals surface area contributed by atoms with Gasteiger partial charge in [-0.15, -0.1) is 0 Å². The molecule has 1 saturated heterocycles. The topological polar surface area (TPSA) is 98.8 Å². The van der Waals surface area contributed by atoms with Crippen molar-refractivity contribution in [2.75, 3.05) is 19.6 Å². The Labute approximate surface area is 234 Å². The molecule has 1 unspecified atom stereocenters. The predicted octanol–water partition coefficient (Wildman–Crippen LogP) is 4.97. The predicted molar refractivity (Wildman–Crippen MR) is 157 cm³/mol. The van der Waals surface area contributed by atoms with Crippen molar-refractivity contribution in [1.29, 1.82) is 0 Å². The molecule has 210 valence electrons. The molecular formula is C32H46BN3O3. The number of nitrogens with two attached hydrogens (primary N) is 1. The van der Waals surface area contributed by atoms with E-state index in [2.05, 4.69) is 35.6 Å². The summed E-state index contributed by atoms with van der Waals surface area (Å²) in [4.78, 5) is 15.6. The van der Waals surface area contributed by atoms with Gasteiger partial charge in [-0.3, -0.25) is 4.79 Å². The second-order valence-corrected chi connectivity index (χ2v) is 12.1. The second-order valence-electron chi connectivity index (χ2n) is 12.1. The Morgan fingerprint density at radius 2 is 1.62 bits per heavy atom. The lowest BCUT2D eigenvalue weighted by Crippen LogP contribution is -2.51. The van der Waals surface area contributed by atoms with E-state index in [9.17, 15) is 14.8 Å². The molecule has 0 bridgehead atoms. The number of nitrogens with zero attached hydrogens (tertiary/aromatic N) is 1. The Bertz CT molecular complexity index is 1100. The zero-order valence-corrected chi connectivity index (χ0v) is 23.4. The van der Waals surface area contributed by atoms with E-state index in [1.807, 2.05) is 17.0 Å². The number of hydrogen-bond acceptors (Lipinski definition) is 5. The molecule has 2 aromatic carbocycles. The third kappa shape index (κ3) is 6.43. The molecule has 5 N–H and O–H groups in total. The van der Waals surface area contributed by atoms with Crippen LogP contribution in [-0.2, 0) is 12.1 Å². The van der Waals surface area contributed by atoms with Crippen LogP contribution in [0.2, 0.25) is 0 Å². The highest BCUT2D eigenvalue weighted by atomic mass is 16.4. The fourth-order valence-electron chi connectivity index (χ4n) is 7.27. The molecular weight excluding hydrogens is 485 g/mol. The van der Waals surface area contributed by atoms with E-state index in [0.717, 1.165) is 49.9 Å². The summed E-state index contributed by atoms with van der Waals surface area (Å²) in [6.45, 7) is 2.52. The highest BCUT2D eigenvalue weighted by Gasteiger charge is 2.42. The molecule has 0 aromatic heterocycles. The summed E-state index contributed by atoms with van der Waals surface area (Å²) in [6.07, 6.45) is 14.1. The smallest absolute Gasteiger partial charge is 0.427 e. The number of amides is 1. The van der Waals surface area contributed by atoms with Gasteiger partial charge in [-0.25, -0.2) is 0 Å². The van der Waals surface area contributed by atoms with Crippen molar-refractivity contribution in [2.24, 2.45) is 5.73 Å². The van der Waals surface area contributed by atoms with E-state index in [1.165, 1.54) is 62.5 Å². The molecule has 1 saturated carbocycles. The van der Waals surface area contributed by atoms with Crippen molar-refractivity contribution in [1.82, 2.24) is 10.2 Å². The second kappa shape index (κ2) is 13.0. The average molecular weight is 532 g/mol. The molecule has 39 heavy (non-hydrogen) atoms. The summed E-state index contributed by atoms with van der Waals surface area (Å²) < 4.78 is 0. The first kappa shape index (κ1) is 28.3. The van der Waals surface area contributed by atoms with E-state index < -0.39 is 12.9 Å². The van der Waals surface area contributed by atoms with Crippen molar-refractivity contribution in [3.8, 4) is 0 Å². The van der Waals surface area contributed by atoms with Gasteiger partial charge in [0.1, 0.15) is 0 Å². The van der Waals surface area contributed by atoms with Crippen LogP contribution in [0.25, 0.3) is 0 Å². The minimum Gasteiger partial charge on any atom is -0.427 e. The largest absolute Gasteiger partial charge is 0.460 e. The normalized spacial score (nSPS) is 22.6. The molecule has 1 spiro atoms. The van der Waals surface area contributed by atoms with Crippen molar-refractivity contribution in [2.45, 2.75) is 101 Å². The Morgan fingerprint density at radius 3 is 2.26 bits per heavy atom. The molecule has 5 rings (SSSR count). The SMILES string of the molecule is NCc1cccc(C2CCN(C(=O)c3ccc4c(c3)C(B(O)O)CNC43CCCCCCCCCC3)CC2)c1. The van der Waals surface area contributed by atoms with Crippen LogP contribution in [0.5, 0.6) is 0 Å². The van der Waals surface area contributed by atoms with Gasteiger partial charge in [-0.2, -0.15) is 0 Å². The standard InChI is InChI=1S/C32H46BN3O3/c34-22-24-10-9-11-26(20-24)25-14-18-36(19-15-25)31(37)27-12-13-29-28(21-27)30(33(38)39)23-35-32(29)16-7-5-3-1-2-4-6-8-17-32/h9-13,20-21,25,30,35,38-39H,1-8,14-19,22-23,34H2. The molecule has 7 heteroatoms. The number of hydrogen-bond donors (Lipinski definition) is 4. The lowest BCUT2D eigenvalue weighted by Gasteiger charge is -2.44. The van der Waals surface area contributed by atoms with Crippen LogP contribution in [0.3, 0.4) is 0 Å². The molecule has 2 heterocycles. The Balaban J connectivity index is 1.35. The number of likely N-dealkylation sites (tertiary alicyclic amines) is 1. The number of nitrogens with one attached hydrogen (secondary N) is 1. The summed E-state index contributed by atoms with van der Waals surface area (Å²) >= 11 is 0. The first-order chi connectivity index (χ1) is 19.0. The maximum atomic E-state index is 13.7. The van der Waals surface area contributed by atoms with Crippen LogP contribution in [-0.4, -0.2) is 47.6 Å². The summed E-state index contributed by atoms with van der Waals surface area (Å²) in [7, 11) is -1.46. The molecule has 6 nitrogen and oxygen atoms in total. The van der Waals surface area contributed by atoms with Crippen LogP contribution < -0.4 is 11.1 Å². The maximum absolute atomic E-state index is 13.7. The highest BCUT2D eigenvalue weighted by Crippen LogP contribution is 2.42. The quantitative estimate of drug-likeness (QED) is 0.418. The molecule has 1 aliphatic carbocycles. The molecule has 2 aliphatic heterocycles. The monoisotopic (exact) mass is 531 g/mol. The molecule has 1 amide bonds. The summed E-state index contributed by atoms with van der Waals surface area (Å²) in [6, 6.07) is 14.6. The number of fused-ring (bicyclic) bond motifs is 2. The van der Waals surface area contributed by atoms with Crippen LogP contribution in [0.1, 0.15) is 121 Å². The van der Waals surface area contributed by atoms with E-state index in [4.69, 9.17) is 5.73 Å². The molecule has 2 aromatic rings. The van der Waals surface area contributed by atoms with Crippen LogP contribution >= 0.6 is 0 Å². The van der Waals surface area contributed by atoms with Crippen molar-refractivity contribution in [3.05, 3.63) is 70.3 Å². The number of benzene rings is 2. The average Bonchev–Trinajstić information content (AvgIpc) is 3.02. The van der Waals surface area contributed by atoms with Gasteiger partial charge in [-0.05, 0) is 66.0 Å². The minimum absolute atomic E-state index is 0.0492. The maximum Gasteiger partial charge on any atom is 0.460 e. The summed E-state index contributed by atoms with van der Waals surface area (Å²) in [5.41, 5.74) is 10.9. The number of piperidine rings is 1. The van der Waals surface area contributed by atoms with Gasteiger partial charge in [-0.1, -0.05) is 81.7 Å². The lowest BCUT2D eigenvalue weighted by atomic mass is 9.61. The third-order valence-corrected chi connectivity index (χ3v) is 9.63. The molecule has 3 aliphatic rings. The van der Waals surface area contributed by atoms with E-state index in [1.54, 1.807) is 0 Å². The Morgan fingerprint density at radius 1 is 0.949 bits per heavy atom. The van der Waals surface area contributed by atoms with E-state index >= 15 is 0 Å². The Kier molecular flexibility index (Phi) is 9.44. The van der Waals surface area contributed by atoms with Crippen LogP contribution in [0.15, 0.2) is 42.5 Å². The van der Waals surface area contributed by atoms with Gasteiger partial charge >= 0.3 is 7.12 Å². The Hall–Kier alpha value is -2.19. The number of carbonyl (C=O) groups excluding carboxylic acids is 1. The fraction of sp³-hybridized carbons (Fsp3) is 0.594. The van der Waals surface area contributed by atoms with E-state index in [0.29, 0.717) is 24.6 Å². The lowest BCUT2D eigenvalue weighted by molar-refractivity contribution is 0.0712. The van der Waals surface area contributed by atoms with E-state index in [-0.39, 0.29) is 11.4 Å². The number of rotatable bonds is 4. The molecule has 1 atom stereocenters. The van der Waals surface area contributed by atoms with Crippen LogP contribution in [0.4, 0.5) is 0 Å². The van der Waals surface area contributed by atoms with Crippen LogP contribution in [0, 0.1) is 0 Å². The first-order valence-corrected chi connectivity index (χ1v) is 15.3. The third-order valence-electron chi connectivity index (χ3n) is 9.63. The number of carbonyl (C=O) groups is 1. The summed E-state index contributed by atoms with van der Waals surface area (Å²) in [5.74, 6) is 0.0611. The van der Waals surface area contributed by atoms with Gasteiger partial charge in [0.15, 0.2) is 0 Å². The van der Waals surface area contributed by atoms with Gasteiger partial charge in [0, 0.05) is 43.1 Å². The van der Waals surface area contributed by atoms with Crippen molar-refractivity contribution < 1.29 is 14.8 Å². The fourth-order valence-corrected chi connectivity index (χ4v) is 7.27. The van der Waals surface area contributed by atoms with Crippen molar-refractivity contribution >= 4 is 13.0 Å².